The van der Waals surface area contributed by atoms with Crippen molar-refractivity contribution in [2.75, 3.05) is 5.32 Å². The number of amides is 1. The molecule has 1 amide bonds. The smallest absolute Gasteiger partial charge is 0.263 e. The molecule has 158 valence electrons. The Hall–Kier alpha value is -2.97. The summed E-state index contributed by atoms with van der Waals surface area (Å²) in [5, 5.41) is 11.8. The summed E-state index contributed by atoms with van der Waals surface area (Å²) in [4.78, 5) is 17.0. The zero-order valence-corrected chi connectivity index (χ0v) is 19.4. The molecule has 0 aliphatic carbocycles. The average molecular weight is 500 g/mol. The van der Waals surface area contributed by atoms with E-state index in [4.69, 9.17) is 11.6 Å². The van der Waals surface area contributed by atoms with E-state index in [9.17, 15) is 4.79 Å². The number of benzene rings is 2. The van der Waals surface area contributed by atoms with Crippen LogP contribution in [0.3, 0.4) is 0 Å². The summed E-state index contributed by atoms with van der Waals surface area (Å²) in [5.74, 6) is -0.178. The molecule has 2 aromatic heterocycles. The van der Waals surface area contributed by atoms with Gasteiger partial charge < -0.3 is 0 Å². The Morgan fingerprint density at radius 3 is 2.35 bits per heavy atom. The number of anilines is 1. The second kappa shape index (κ2) is 9.03. The highest BCUT2D eigenvalue weighted by Crippen LogP contribution is 2.22. The molecule has 0 saturated heterocycles. The molecule has 2 heterocycles. The van der Waals surface area contributed by atoms with E-state index in [1.807, 2.05) is 55.5 Å². The molecule has 9 heteroatoms. The molecule has 7 nitrogen and oxygen atoms in total. The summed E-state index contributed by atoms with van der Waals surface area (Å²) in [5.41, 5.74) is 4.16. The fraction of sp³-hybridized carbons (Fsp3) is 0.182. The van der Waals surface area contributed by atoms with Gasteiger partial charge in [0.1, 0.15) is 11.5 Å². The number of aryl methyl sites for hydroxylation is 2. The van der Waals surface area contributed by atoms with Crippen LogP contribution in [0.4, 0.5) is 5.95 Å². The lowest BCUT2D eigenvalue weighted by Gasteiger charge is -2.05. The lowest BCUT2D eigenvalue weighted by Crippen LogP contribution is -2.15. The number of carbonyl (C=O) groups is 1. The summed E-state index contributed by atoms with van der Waals surface area (Å²) < 4.78 is 4.29. The lowest BCUT2D eigenvalue weighted by atomic mass is 10.1. The Kier molecular flexibility index (Phi) is 6.20. The van der Waals surface area contributed by atoms with Crippen molar-refractivity contribution in [1.82, 2.24) is 24.5 Å². The number of halogens is 2. The molecular formula is C22H20BrClN6O. The molecule has 31 heavy (non-hydrogen) atoms. The van der Waals surface area contributed by atoms with Crippen LogP contribution in [-0.4, -0.2) is 30.5 Å². The second-order valence-electron chi connectivity index (χ2n) is 7.24. The van der Waals surface area contributed by atoms with Crippen LogP contribution in [0.2, 0.25) is 5.15 Å². The molecule has 2 aromatic carbocycles. The second-order valence-corrected chi connectivity index (χ2v) is 8.51. The molecule has 0 aliphatic heterocycles. The Morgan fingerprint density at radius 1 is 1.00 bits per heavy atom. The third-order valence-corrected chi connectivity index (χ3v) is 5.68. The van der Waals surface area contributed by atoms with Crippen LogP contribution >= 0.6 is 27.5 Å². The summed E-state index contributed by atoms with van der Waals surface area (Å²) in [7, 11) is 0. The highest BCUT2D eigenvalue weighted by atomic mass is 79.9. The van der Waals surface area contributed by atoms with E-state index in [-0.39, 0.29) is 17.0 Å². The molecule has 4 rings (SSSR count). The van der Waals surface area contributed by atoms with Crippen LogP contribution in [-0.2, 0) is 13.1 Å². The first-order valence-corrected chi connectivity index (χ1v) is 10.8. The quantitative estimate of drug-likeness (QED) is 0.411. The van der Waals surface area contributed by atoms with Crippen molar-refractivity contribution in [3.63, 3.8) is 0 Å². The molecule has 0 bridgehead atoms. The SMILES string of the molecule is Cc1ccc(Cn2nc(C)c(C(=O)Nc3ncn(Cc4ccc(Br)cc4)n3)c2Cl)cc1. The molecule has 1 N–H and O–H groups in total. The van der Waals surface area contributed by atoms with Crippen LogP contribution in [0.1, 0.15) is 32.7 Å². The summed E-state index contributed by atoms with van der Waals surface area (Å²) in [6, 6.07) is 16.0. The van der Waals surface area contributed by atoms with Gasteiger partial charge in [0.25, 0.3) is 5.91 Å². The van der Waals surface area contributed by atoms with Crippen LogP contribution < -0.4 is 5.32 Å². The number of nitrogens with zero attached hydrogens (tertiary/aromatic N) is 5. The van der Waals surface area contributed by atoms with Crippen molar-refractivity contribution in [2.45, 2.75) is 26.9 Å². The van der Waals surface area contributed by atoms with Gasteiger partial charge in [-0.2, -0.15) is 5.10 Å². The first-order valence-electron chi connectivity index (χ1n) is 9.63. The molecule has 0 atom stereocenters. The van der Waals surface area contributed by atoms with E-state index in [0.29, 0.717) is 24.3 Å². The highest BCUT2D eigenvalue weighted by molar-refractivity contribution is 9.10. The highest BCUT2D eigenvalue weighted by Gasteiger charge is 2.21. The fourth-order valence-corrected chi connectivity index (χ4v) is 3.74. The molecule has 4 aromatic rings. The zero-order valence-electron chi connectivity index (χ0n) is 17.0. The number of rotatable bonds is 6. The Bertz CT molecular complexity index is 1210. The van der Waals surface area contributed by atoms with Crippen LogP contribution in [0.5, 0.6) is 0 Å². The number of carbonyl (C=O) groups excluding carboxylic acids is 1. The minimum atomic E-state index is -0.390. The first-order chi connectivity index (χ1) is 14.9. The third-order valence-electron chi connectivity index (χ3n) is 4.77. The minimum absolute atomic E-state index is 0.212. The van der Waals surface area contributed by atoms with Gasteiger partial charge in [-0.3, -0.25) is 10.1 Å². The van der Waals surface area contributed by atoms with E-state index in [1.165, 1.54) is 5.56 Å². The van der Waals surface area contributed by atoms with Gasteiger partial charge in [-0.1, -0.05) is 69.5 Å². The maximum absolute atomic E-state index is 12.8. The van der Waals surface area contributed by atoms with Crippen molar-refractivity contribution in [3.05, 3.63) is 92.4 Å². The number of nitrogens with one attached hydrogen (secondary N) is 1. The molecule has 0 aliphatic rings. The topological polar surface area (TPSA) is 77.6 Å². The molecule has 0 radical (unpaired) electrons. The van der Waals surface area contributed by atoms with E-state index in [1.54, 1.807) is 22.6 Å². The first kappa shape index (κ1) is 21.3. The zero-order chi connectivity index (χ0) is 22.0. The monoisotopic (exact) mass is 498 g/mol. The van der Waals surface area contributed by atoms with Crippen molar-refractivity contribution in [3.8, 4) is 0 Å². The number of hydrogen-bond donors (Lipinski definition) is 1. The van der Waals surface area contributed by atoms with Crippen molar-refractivity contribution >= 4 is 39.4 Å². The van der Waals surface area contributed by atoms with Gasteiger partial charge >= 0.3 is 0 Å². The van der Waals surface area contributed by atoms with Crippen molar-refractivity contribution in [1.29, 1.82) is 0 Å². The lowest BCUT2D eigenvalue weighted by molar-refractivity contribution is 0.102. The Balaban J connectivity index is 1.46. The molecular weight excluding hydrogens is 480 g/mol. The van der Waals surface area contributed by atoms with Gasteiger partial charge in [0.2, 0.25) is 5.95 Å². The van der Waals surface area contributed by atoms with Crippen molar-refractivity contribution < 1.29 is 4.79 Å². The standard InChI is InChI=1S/C22H20BrClN6O/c1-14-3-5-17(6-4-14)12-30-20(24)19(15(2)27-30)21(31)26-22-25-13-29(28-22)11-16-7-9-18(23)10-8-16/h3-10,13H,11-12H2,1-2H3,(H,26,28,31). The van der Waals surface area contributed by atoms with Crippen molar-refractivity contribution in [2.24, 2.45) is 0 Å². The van der Waals surface area contributed by atoms with Gasteiger partial charge in [0.05, 0.1) is 24.3 Å². The van der Waals surface area contributed by atoms with Crippen LogP contribution in [0, 0.1) is 13.8 Å². The number of hydrogen-bond acceptors (Lipinski definition) is 4. The molecule has 0 saturated carbocycles. The van der Waals surface area contributed by atoms with Crippen LogP contribution in [0.15, 0.2) is 59.3 Å². The summed E-state index contributed by atoms with van der Waals surface area (Å²) in [6.45, 7) is 4.81. The summed E-state index contributed by atoms with van der Waals surface area (Å²) >= 11 is 9.91. The van der Waals surface area contributed by atoms with Gasteiger partial charge in [0, 0.05) is 4.47 Å². The van der Waals surface area contributed by atoms with E-state index in [0.717, 1.165) is 15.6 Å². The fourth-order valence-electron chi connectivity index (χ4n) is 3.15. The van der Waals surface area contributed by atoms with Gasteiger partial charge in [-0.05, 0) is 37.1 Å². The minimum Gasteiger partial charge on any atom is -0.289 e. The maximum atomic E-state index is 12.8. The van der Waals surface area contributed by atoms with Crippen LogP contribution in [0.25, 0.3) is 0 Å². The predicted octanol–water partition coefficient (Wildman–Crippen LogP) is 4.86. The predicted molar refractivity (Wildman–Crippen MR) is 123 cm³/mol. The average Bonchev–Trinajstić information content (AvgIpc) is 3.28. The molecule has 0 fully saturated rings. The Labute approximate surface area is 193 Å². The Morgan fingerprint density at radius 2 is 1.65 bits per heavy atom. The van der Waals surface area contributed by atoms with E-state index < -0.39 is 0 Å². The maximum Gasteiger partial charge on any atom is 0.263 e. The largest absolute Gasteiger partial charge is 0.289 e. The van der Waals surface area contributed by atoms with Gasteiger partial charge in [-0.25, -0.2) is 14.3 Å². The molecule has 0 unspecified atom stereocenters. The summed E-state index contributed by atoms with van der Waals surface area (Å²) in [6.07, 6.45) is 1.58. The van der Waals surface area contributed by atoms with Gasteiger partial charge in [-0.15, -0.1) is 5.10 Å². The third kappa shape index (κ3) is 5.03. The molecule has 0 spiro atoms. The van der Waals surface area contributed by atoms with E-state index >= 15 is 0 Å². The normalized spacial score (nSPS) is 11.0. The van der Waals surface area contributed by atoms with Gasteiger partial charge in [0.15, 0.2) is 0 Å². The number of aromatic nitrogens is 5. The van der Waals surface area contributed by atoms with E-state index in [2.05, 4.69) is 36.4 Å².